The van der Waals surface area contributed by atoms with Gasteiger partial charge in [0.1, 0.15) is 0 Å². The highest BCUT2D eigenvalue weighted by Gasteiger charge is 2.08. The summed E-state index contributed by atoms with van der Waals surface area (Å²) in [6.45, 7) is 3.82. The predicted molar refractivity (Wildman–Crippen MR) is 75.8 cm³/mol. The molecule has 0 aliphatic heterocycles. The number of carbonyl (C=O) groups excluding carboxylic acids is 1. The van der Waals surface area contributed by atoms with Crippen LogP contribution in [-0.4, -0.2) is 10.9 Å². The molecule has 0 aliphatic rings. The van der Waals surface area contributed by atoms with Gasteiger partial charge in [-0.3, -0.25) is 9.78 Å². The minimum atomic E-state index is -0.123. The van der Waals surface area contributed by atoms with Gasteiger partial charge >= 0.3 is 0 Å². The van der Waals surface area contributed by atoms with Crippen LogP contribution in [0.3, 0.4) is 0 Å². The Morgan fingerprint density at radius 2 is 2.06 bits per heavy atom. The van der Waals surface area contributed by atoms with Crippen molar-refractivity contribution in [2.75, 3.05) is 5.32 Å². The van der Waals surface area contributed by atoms with E-state index in [4.69, 9.17) is 0 Å². The van der Waals surface area contributed by atoms with Crippen LogP contribution in [0.4, 0.5) is 5.69 Å². The van der Waals surface area contributed by atoms with Gasteiger partial charge in [-0.15, -0.1) is 0 Å². The van der Waals surface area contributed by atoms with Gasteiger partial charge in [0.25, 0.3) is 5.91 Å². The number of rotatable bonds is 2. The van der Waals surface area contributed by atoms with Crippen LogP contribution < -0.4 is 5.32 Å². The molecule has 0 unspecified atom stereocenters. The molecule has 0 spiro atoms. The Labute approximate surface area is 114 Å². The van der Waals surface area contributed by atoms with Gasteiger partial charge in [0.2, 0.25) is 0 Å². The predicted octanol–water partition coefficient (Wildman–Crippen LogP) is 3.71. The molecular formula is C14H13BrN2O. The third kappa shape index (κ3) is 2.76. The van der Waals surface area contributed by atoms with Crippen molar-refractivity contribution in [2.24, 2.45) is 0 Å². The highest BCUT2D eigenvalue weighted by atomic mass is 79.9. The molecule has 0 saturated carbocycles. The van der Waals surface area contributed by atoms with E-state index in [0.717, 1.165) is 21.4 Å². The number of aryl methyl sites for hydroxylation is 2. The average Bonchev–Trinajstić information content (AvgIpc) is 2.35. The van der Waals surface area contributed by atoms with Crippen LogP contribution in [0.15, 0.2) is 41.0 Å². The van der Waals surface area contributed by atoms with Gasteiger partial charge in [-0.1, -0.05) is 15.9 Å². The van der Waals surface area contributed by atoms with Gasteiger partial charge < -0.3 is 5.32 Å². The van der Waals surface area contributed by atoms with Crippen LogP contribution in [0.5, 0.6) is 0 Å². The Hall–Kier alpha value is -1.68. The number of halogens is 1. The second-order valence-electron chi connectivity index (χ2n) is 4.05. The monoisotopic (exact) mass is 304 g/mol. The fourth-order valence-electron chi connectivity index (χ4n) is 1.60. The summed E-state index contributed by atoms with van der Waals surface area (Å²) in [4.78, 5) is 16.2. The first kappa shape index (κ1) is 12.8. The van der Waals surface area contributed by atoms with Gasteiger partial charge in [-0.2, -0.15) is 0 Å². The van der Waals surface area contributed by atoms with E-state index >= 15 is 0 Å². The molecule has 2 rings (SSSR count). The lowest BCUT2D eigenvalue weighted by Gasteiger charge is -2.08. The Kier molecular flexibility index (Phi) is 3.77. The number of nitrogens with zero attached hydrogens (tertiary/aromatic N) is 1. The lowest BCUT2D eigenvalue weighted by Crippen LogP contribution is -2.13. The Balaban J connectivity index is 2.22. The first-order valence-corrected chi connectivity index (χ1v) is 6.36. The highest BCUT2D eigenvalue weighted by molar-refractivity contribution is 9.10. The fourth-order valence-corrected chi connectivity index (χ4v) is 1.84. The van der Waals surface area contributed by atoms with E-state index in [9.17, 15) is 4.79 Å². The molecule has 0 bridgehead atoms. The van der Waals surface area contributed by atoms with Gasteiger partial charge in [-0.25, -0.2) is 0 Å². The number of nitrogens with one attached hydrogen (secondary N) is 1. The zero-order valence-corrected chi connectivity index (χ0v) is 11.8. The maximum Gasteiger partial charge on any atom is 0.255 e. The number of carbonyl (C=O) groups is 1. The van der Waals surface area contributed by atoms with Crippen molar-refractivity contribution in [3.8, 4) is 0 Å². The van der Waals surface area contributed by atoms with Crippen LogP contribution in [0.2, 0.25) is 0 Å². The van der Waals surface area contributed by atoms with Gasteiger partial charge in [0.15, 0.2) is 0 Å². The quantitative estimate of drug-likeness (QED) is 0.919. The molecular weight excluding hydrogens is 292 g/mol. The first-order valence-electron chi connectivity index (χ1n) is 5.57. The number of anilines is 1. The Morgan fingerprint density at radius 1 is 1.28 bits per heavy atom. The third-order valence-electron chi connectivity index (χ3n) is 2.68. The molecule has 92 valence electrons. The lowest BCUT2D eigenvalue weighted by molar-refractivity contribution is 0.102. The van der Waals surface area contributed by atoms with E-state index in [1.165, 1.54) is 0 Å². The summed E-state index contributed by atoms with van der Waals surface area (Å²) in [6.07, 6.45) is 1.70. The molecule has 0 aliphatic carbocycles. The van der Waals surface area contributed by atoms with E-state index in [0.29, 0.717) is 5.56 Å². The van der Waals surface area contributed by atoms with E-state index in [-0.39, 0.29) is 5.91 Å². The van der Waals surface area contributed by atoms with Crippen LogP contribution >= 0.6 is 15.9 Å². The second kappa shape index (κ2) is 5.31. The smallest absolute Gasteiger partial charge is 0.255 e. The van der Waals surface area contributed by atoms with E-state index < -0.39 is 0 Å². The van der Waals surface area contributed by atoms with Crippen LogP contribution in [0.1, 0.15) is 21.6 Å². The summed E-state index contributed by atoms with van der Waals surface area (Å²) in [5.41, 5.74) is 3.22. The van der Waals surface area contributed by atoms with E-state index in [1.54, 1.807) is 18.3 Å². The van der Waals surface area contributed by atoms with Gasteiger partial charge in [-0.05, 0) is 49.7 Å². The zero-order valence-electron chi connectivity index (χ0n) is 10.2. The summed E-state index contributed by atoms with van der Waals surface area (Å²) in [6, 6.07) is 9.16. The minimum absolute atomic E-state index is 0.123. The lowest BCUT2D eigenvalue weighted by atomic mass is 10.1. The average molecular weight is 305 g/mol. The molecule has 1 heterocycles. The van der Waals surface area contributed by atoms with E-state index in [2.05, 4.69) is 26.2 Å². The number of amides is 1. The van der Waals surface area contributed by atoms with Crippen molar-refractivity contribution in [1.29, 1.82) is 0 Å². The minimum Gasteiger partial charge on any atom is -0.320 e. The molecule has 2 aromatic rings. The van der Waals surface area contributed by atoms with Crippen LogP contribution in [-0.2, 0) is 0 Å². The largest absolute Gasteiger partial charge is 0.320 e. The maximum atomic E-state index is 12.1. The molecule has 18 heavy (non-hydrogen) atoms. The van der Waals surface area contributed by atoms with E-state index in [1.807, 2.05) is 32.0 Å². The summed E-state index contributed by atoms with van der Waals surface area (Å²) in [5, 5.41) is 2.86. The molecule has 0 atom stereocenters. The first-order chi connectivity index (χ1) is 8.58. The topological polar surface area (TPSA) is 42.0 Å². The molecule has 1 aromatic carbocycles. The molecule has 0 fully saturated rings. The summed E-state index contributed by atoms with van der Waals surface area (Å²) in [7, 11) is 0. The van der Waals surface area contributed by atoms with Crippen molar-refractivity contribution in [3.05, 3.63) is 57.8 Å². The standard InChI is InChI=1S/C14H13BrN2O/c1-9-8-11(5-6-12(9)15)14(18)17-13-4-3-7-16-10(13)2/h3-8H,1-2H3,(H,17,18). The maximum absolute atomic E-state index is 12.1. The summed E-state index contributed by atoms with van der Waals surface area (Å²) in [5.74, 6) is -0.123. The molecule has 1 amide bonds. The van der Waals surface area contributed by atoms with Crippen LogP contribution in [0.25, 0.3) is 0 Å². The summed E-state index contributed by atoms with van der Waals surface area (Å²) >= 11 is 3.42. The number of aromatic nitrogens is 1. The normalized spacial score (nSPS) is 10.2. The highest BCUT2D eigenvalue weighted by Crippen LogP contribution is 2.18. The molecule has 1 aromatic heterocycles. The van der Waals surface area contributed by atoms with Crippen molar-refractivity contribution >= 4 is 27.5 Å². The number of benzene rings is 1. The van der Waals surface area contributed by atoms with Crippen molar-refractivity contribution in [1.82, 2.24) is 4.98 Å². The number of hydrogen-bond acceptors (Lipinski definition) is 2. The third-order valence-corrected chi connectivity index (χ3v) is 3.57. The molecule has 0 saturated heterocycles. The second-order valence-corrected chi connectivity index (χ2v) is 4.91. The summed E-state index contributed by atoms with van der Waals surface area (Å²) < 4.78 is 0.997. The molecule has 3 nitrogen and oxygen atoms in total. The fraction of sp³-hybridized carbons (Fsp3) is 0.143. The Morgan fingerprint density at radius 3 is 2.72 bits per heavy atom. The van der Waals surface area contributed by atoms with Gasteiger partial charge in [0.05, 0.1) is 11.4 Å². The number of hydrogen-bond donors (Lipinski definition) is 1. The Bertz CT molecular complexity index is 596. The van der Waals surface area contributed by atoms with Crippen LogP contribution in [0, 0.1) is 13.8 Å². The number of pyridine rings is 1. The SMILES string of the molecule is Cc1cc(C(=O)Nc2cccnc2C)ccc1Br. The molecule has 4 heteroatoms. The van der Waals surface area contributed by atoms with Crippen molar-refractivity contribution in [3.63, 3.8) is 0 Å². The zero-order chi connectivity index (χ0) is 13.1. The molecule has 1 N–H and O–H groups in total. The van der Waals surface area contributed by atoms with Crippen molar-refractivity contribution in [2.45, 2.75) is 13.8 Å². The molecule has 0 radical (unpaired) electrons. The van der Waals surface area contributed by atoms with Crippen molar-refractivity contribution < 1.29 is 4.79 Å². The van der Waals surface area contributed by atoms with Gasteiger partial charge in [0, 0.05) is 16.2 Å².